The topological polar surface area (TPSA) is 44.8 Å². The molecular weight excluding hydrogens is 388 g/mol. The monoisotopic (exact) mass is 442 g/mol. The summed E-state index contributed by atoms with van der Waals surface area (Å²) in [5, 5.41) is 0. The lowest BCUT2D eigenvalue weighted by molar-refractivity contribution is -0.156. The fraction of sp³-hybridized carbons (Fsp3) is 0.963. The standard InChI is InChI=1S/C27H54O4/c1-5-6-7-8-9-10-11-12-13-14-15-16-17-18-19-20-22-29-24-25-30-23-21-26(28)31-27(2,3)4/h5-25H2,1-4H3. The van der Waals surface area contributed by atoms with Crippen molar-refractivity contribution in [3.63, 3.8) is 0 Å². The largest absolute Gasteiger partial charge is 0.460 e. The maximum Gasteiger partial charge on any atom is 0.308 e. The van der Waals surface area contributed by atoms with E-state index in [4.69, 9.17) is 14.2 Å². The van der Waals surface area contributed by atoms with Crippen molar-refractivity contribution in [3.05, 3.63) is 0 Å². The van der Waals surface area contributed by atoms with Crippen molar-refractivity contribution in [2.24, 2.45) is 0 Å². The highest BCUT2D eigenvalue weighted by Crippen LogP contribution is 2.13. The highest BCUT2D eigenvalue weighted by Gasteiger charge is 2.15. The Morgan fingerprint density at radius 1 is 0.548 bits per heavy atom. The van der Waals surface area contributed by atoms with Crippen molar-refractivity contribution in [2.75, 3.05) is 26.4 Å². The predicted molar refractivity (Wildman–Crippen MR) is 132 cm³/mol. The number of ether oxygens (including phenoxy) is 3. The number of esters is 1. The number of hydrogen-bond acceptors (Lipinski definition) is 4. The minimum Gasteiger partial charge on any atom is -0.460 e. The third-order valence-corrected chi connectivity index (χ3v) is 5.38. The van der Waals surface area contributed by atoms with Crippen LogP contribution in [0.1, 0.15) is 137 Å². The SMILES string of the molecule is CCCCCCCCCCCCCCCCCCOCCOCCC(=O)OC(C)(C)C. The molecule has 0 aliphatic heterocycles. The van der Waals surface area contributed by atoms with Crippen LogP contribution < -0.4 is 0 Å². The molecule has 186 valence electrons. The Hall–Kier alpha value is -0.610. The van der Waals surface area contributed by atoms with Crippen LogP contribution in [0, 0.1) is 0 Å². The van der Waals surface area contributed by atoms with Gasteiger partial charge in [-0.1, -0.05) is 103 Å². The van der Waals surface area contributed by atoms with E-state index in [9.17, 15) is 4.79 Å². The van der Waals surface area contributed by atoms with Gasteiger partial charge < -0.3 is 14.2 Å². The second kappa shape index (κ2) is 22.6. The van der Waals surface area contributed by atoms with Gasteiger partial charge in [0.1, 0.15) is 5.60 Å². The average molecular weight is 443 g/mol. The van der Waals surface area contributed by atoms with Crippen LogP contribution in [-0.4, -0.2) is 38.0 Å². The second-order valence-electron chi connectivity index (χ2n) is 9.86. The van der Waals surface area contributed by atoms with E-state index in [1.165, 1.54) is 96.3 Å². The van der Waals surface area contributed by atoms with Crippen molar-refractivity contribution in [2.45, 2.75) is 142 Å². The van der Waals surface area contributed by atoms with Gasteiger partial charge in [-0.3, -0.25) is 4.79 Å². The number of hydrogen-bond donors (Lipinski definition) is 0. The van der Waals surface area contributed by atoms with Gasteiger partial charge in [0.05, 0.1) is 26.2 Å². The lowest BCUT2D eigenvalue weighted by Crippen LogP contribution is -2.24. The summed E-state index contributed by atoms with van der Waals surface area (Å²) >= 11 is 0. The summed E-state index contributed by atoms with van der Waals surface area (Å²) in [7, 11) is 0. The summed E-state index contributed by atoms with van der Waals surface area (Å²) in [4.78, 5) is 11.5. The van der Waals surface area contributed by atoms with Gasteiger partial charge in [-0.25, -0.2) is 0 Å². The fourth-order valence-corrected chi connectivity index (χ4v) is 3.62. The van der Waals surface area contributed by atoms with Crippen LogP contribution in [0.3, 0.4) is 0 Å². The van der Waals surface area contributed by atoms with E-state index in [2.05, 4.69) is 6.92 Å². The maximum absolute atomic E-state index is 11.5. The summed E-state index contributed by atoms with van der Waals surface area (Å²) < 4.78 is 16.3. The van der Waals surface area contributed by atoms with Crippen LogP contribution in [0.25, 0.3) is 0 Å². The van der Waals surface area contributed by atoms with Gasteiger partial charge in [0, 0.05) is 6.61 Å². The van der Waals surface area contributed by atoms with E-state index in [1.807, 2.05) is 20.8 Å². The molecular formula is C27H54O4. The van der Waals surface area contributed by atoms with Gasteiger partial charge in [0.25, 0.3) is 0 Å². The first-order valence-corrected chi connectivity index (χ1v) is 13.3. The molecule has 0 unspecified atom stereocenters. The molecule has 4 heteroatoms. The molecule has 0 saturated heterocycles. The third kappa shape index (κ3) is 27.4. The Morgan fingerprint density at radius 2 is 0.935 bits per heavy atom. The van der Waals surface area contributed by atoms with E-state index < -0.39 is 5.60 Å². The molecule has 0 bridgehead atoms. The van der Waals surface area contributed by atoms with Crippen molar-refractivity contribution in [1.82, 2.24) is 0 Å². The van der Waals surface area contributed by atoms with Gasteiger partial charge in [-0.05, 0) is 27.2 Å². The Bertz CT molecular complexity index is 376. The maximum atomic E-state index is 11.5. The summed E-state index contributed by atoms with van der Waals surface area (Å²) in [5.74, 6) is -0.207. The number of unbranched alkanes of at least 4 members (excludes halogenated alkanes) is 15. The second-order valence-corrected chi connectivity index (χ2v) is 9.86. The van der Waals surface area contributed by atoms with Crippen molar-refractivity contribution in [1.29, 1.82) is 0 Å². The highest BCUT2D eigenvalue weighted by molar-refractivity contribution is 5.69. The van der Waals surface area contributed by atoms with Crippen LogP contribution >= 0.6 is 0 Å². The van der Waals surface area contributed by atoms with Crippen LogP contribution in [-0.2, 0) is 19.0 Å². The molecule has 0 aromatic heterocycles. The van der Waals surface area contributed by atoms with E-state index in [0.29, 0.717) is 26.2 Å². The zero-order valence-electron chi connectivity index (χ0n) is 21.5. The highest BCUT2D eigenvalue weighted by atomic mass is 16.6. The Labute approximate surface area is 194 Å². The van der Waals surface area contributed by atoms with E-state index in [-0.39, 0.29) is 5.97 Å². The first kappa shape index (κ1) is 30.4. The molecule has 0 aliphatic carbocycles. The lowest BCUT2D eigenvalue weighted by atomic mass is 10.0. The van der Waals surface area contributed by atoms with E-state index in [1.54, 1.807) is 0 Å². The first-order chi connectivity index (χ1) is 15.0. The third-order valence-electron chi connectivity index (χ3n) is 5.38. The average Bonchev–Trinajstić information content (AvgIpc) is 2.70. The molecule has 0 saturated carbocycles. The number of carbonyl (C=O) groups is 1. The first-order valence-electron chi connectivity index (χ1n) is 13.3. The predicted octanol–water partition coefficient (Wildman–Crippen LogP) is 8.01. The molecule has 0 N–H and O–H groups in total. The summed E-state index contributed by atoms with van der Waals surface area (Å²) in [6.07, 6.45) is 22.5. The quantitative estimate of drug-likeness (QED) is 0.119. The number of carbonyl (C=O) groups excluding carboxylic acids is 1. The van der Waals surface area contributed by atoms with Gasteiger partial charge in [0.2, 0.25) is 0 Å². The van der Waals surface area contributed by atoms with Gasteiger partial charge in [-0.2, -0.15) is 0 Å². The van der Waals surface area contributed by atoms with Gasteiger partial charge in [-0.15, -0.1) is 0 Å². The molecule has 31 heavy (non-hydrogen) atoms. The molecule has 0 heterocycles. The number of rotatable bonds is 23. The van der Waals surface area contributed by atoms with Gasteiger partial charge >= 0.3 is 5.97 Å². The van der Waals surface area contributed by atoms with Gasteiger partial charge in [0.15, 0.2) is 0 Å². The Kier molecular flexibility index (Phi) is 22.1. The normalized spacial score (nSPS) is 11.7. The van der Waals surface area contributed by atoms with Crippen LogP contribution in [0.2, 0.25) is 0 Å². The molecule has 0 spiro atoms. The minimum absolute atomic E-state index is 0.207. The molecule has 0 radical (unpaired) electrons. The summed E-state index contributed by atoms with van der Waals surface area (Å²) in [6, 6.07) is 0. The van der Waals surface area contributed by atoms with E-state index >= 15 is 0 Å². The zero-order valence-corrected chi connectivity index (χ0v) is 21.5. The molecule has 0 atom stereocenters. The molecule has 0 aromatic rings. The zero-order chi connectivity index (χ0) is 23.0. The molecule has 0 amide bonds. The fourth-order valence-electron chi connectivity index (χ4n) is 3.62. The van der Waals surface area contributed by atoms with Crippen LogP contribution in [0.15, 0.2) is 0 Å². The van der Waals surface area contributed by atoms with Crippen molar-refractivity contribution < 1.29 is 19.0 Å². The summed E-state index contributed by atoms with van der Waals surface area (Å²) in [6.45, 7) is 10.3. The summed E-state index contributed by atoms with van der Waals surface area (Å²) in [5.41, 5.74) is -0.423. The van der Waals surface area contributed by atoms with Crippen LogP contribution in [0.5, 0.6) is 0 Å². The molecule has 0 rings (SSSR count). The Balaban J connectivity index is 3.10. The molecule has 0 fully saturated rings. The van der Waals surface area contributed by atoms with Crippen molar-refractivity contribution in [3.8, 4) is 0 Å². The van der Waals surface area contributed by atoms with Crippen molar-refractivity contribution >= 4 is 5.97 Å². The van der Waals surface area contributed by atoms with Crippen LogP contribution in [0.4, 0.5) is 0 Å². The Morgan fingerprint density at radius 3 is 1.35 bits per heavy atom. The minimum atomic E-state index is -0.423. The van der Waals surface area contributed by atoms with E-state index in [0.717, 1.165) is 13.0 Å². The lowest BCUT2D eigenvalue weighted by Gasteiger charge is -2.19. The smallest absolute Gasteiger partial charge is 0.308 e. The molecule has 0 aromatic carbocycles. The molecule has 0 aliphatic rings. The molecule has 4 nitrogen and oxygen atoms in total.